The minimum absolute atomic E-state index is 0.164. The van der Waals surface area contributed by atoms with Gasteiger partial charge in [0.1, 0.15) is 5.60 Å². The Hall–Kier alpha value is -2.02. The highest BCUT2D eigenvalue weighted by Crippen LogP contribution is 2.22. The summed E-state index contributed by atoms with van der Waals surface area (Å²) in [6, 6.07) is 6.72. The number of unbranched alkanes of at least 4 members (excludes halogenated alkanes) is 2. The van der Waals surface area contributed by atoms with E-state index >= 15 is 0 Å². The Balaban J connectivity index is 1.64. The third-order valence-corrected chi connectivity index (χ3v) is 5.48. The van der Waals surface area contributed by atoms with Crippen LogP contribution in [0.3, 0.4) is 0 Å². The molecule has 0 saturated carbocycles. The van der Waals surface area contributed by atoms with Gasteiger partial charge in [0, 0.05) is 35.3 Å². The molecule has 1 aliphatic heterocycles. The van der Waals surface area contributed by atoms with Gasteiger partial charge in [-0.15, -0.1) is 0 Å². The van der Waals surface area contributed by atoms with E-state index in [4.69, 9.17) is 4.74 Å². The van der Waals surface area contributed by atoms with E-state index in [-0.39, 0.29) is 30.1 Å². The second-order valence-electron chi connectivity index (χ2n) is 7.55. The standard InChI is InChI=1S/C20H27NO5S/c1-20(2,3)26-17(22)11-5-4-8-13-27(25)14-12-21-18(23)15-9-6-7-10-16(15)19(21)24/h6-7,9-10H,4-5,8,11-14H2,1-3H3. The van der Waals surface area contributed by atoms with Gasteiger partial charge in [0.25, 0.3) is 11.8 Å². The monoisotopic (exact) mass is 393 g/mol. The number of hydrogen-bond donors (Lipinski definition) is 0. The topological polar surface area (TPSA) is 80.8 Å². The Morgan fingerprint density at radius 2 is 1.59 bits per heavy atom. The lowest BCUT2D eigenvalue weighted by atomic mass is 10.1. The van der Waals surface area contributed by atoms with Crippen LogP contribution in [0.2, 0.25) is 0 Å². The predicted octanol–water partition coefficient (Wildman–Crippen LogP) is 2.93. The average molecular weight is 394 g/mol. The Bertz CT molecular complexity index is 703. The molecule has 2 rings (SSSR count). The van der Waals surface area contributed by atoms with Gasteiger partial charge in [0.05, 0.1) is 11.1 Å². The second kappa shape index (κ2) is 9.26. The Labute approximate surface area is 162 Å². The first-order chi connectivity index (χ1) is 12.7. The number of imide groups is 1. The summed E-state index contributed by atoms with van der Waals surface area (Å²) >= 11 is 0. The molecule has 0 bridgehead atoms. The van der Waals surface area contributed by atoms with Gasteiger partial charge in [-0.3, -0.25) is 23.5 Å². The summed E-state index contributed by atoms with van der Waals surface area (Å²) in [5.74, 6) is -0.0705. The molecular weight excluding hydrogens is 366 g/mol. The van der Waals surface area contributed by atoms with Crippen molar-refractivity contribution in [2.24, 2.45) is 0 Å². The van der Waals surface area contributed by atoms with E-state index in [1.54, 1.807) is 24.3 Å². The predicted molar refractivity (Wildman–Crippen MR) is 104 cm³/mol. The number of rotatable bonds is 9. The average Bonchev–Trinajstić information content (AvgIpc) is 2.82. The number of carbonyl (C=O) groups excluding carboxylic acids is 3. The fraction of sp³-hybridized carbons (Fsp3) is 0.550. The summed E-state index contributed by atoms with van der Waals surface area (Å²) in [4.78, 5) is 37.3. The first-order valence-electron chi connectivity index (χ1n) is 9.21. The van der Waals surface area contributed by atoms with E-state index in [2.05, 4.69) is 0 Å². The van der Waals surface area contributed by atoms with Gasteiger partial charge in [-0.05, 0) is 45.7 Å². The summed E-state index contributed by atoms with van der Waals surface area (Å²) in [6.07, 6.45) is 2.58. The van der Waals surface area contributed by atoms with Gasteiger partial charge in [0.15, 0.2) is 0 Å². The molecule has 0 spiro atoms. The molecule has 0 N–H and O–H groups in total. The number of esters is 1. The Morgan fingerprint density at radius 1 is 1.00 bits per heavy atom. The van der Waals surface area contributed by atoms with Crippen molar-refractivity contribution in [3.8, 4) is 0 Å². The van der Waals surface area contributed by atoms with Crippen LogP contribution in [0.1, 0.15) is 67.2 Å². The van der Waals surface area contributed by atoms with Crippen LogP contribution >= 0.6 is 0 Å². The van der Waals surface area contributed by atoms with Crippen molar-refractivity contribution < 1.29 is 23.3 Å². The molecule has 2 amide bonds. The van der Waals surface area contributed by atoms with E-state index in [1.807, 2.05) is 20.8 Å². The second-order valence-corrected chi connectivity index (χ2v) is 9.25. The van der Waals surface area contributed by atoms with Gasteiger partial charge < -0.3 is 4.74 Å². The maximum absolute atomic E-state index is 12.2. The molecule has 27 heavy (non-hydrogen) atoms. The van der Waals surface area contributed by atoms with Gasteiger partial charge >= 0.3 is 5.97 Å². The lowest BCUT2D eigenvalue weighted by Crippen LogP contribution is -2.33. The smallest absolute Gasteiger partial charge is 0.306 e. The van der Waals surface area contributed by atoms with Gasteiger partial charge in [-0.25, -0.2) is 0 Å². The maximum Gasteiger partial charge on any atom is 0.306 e. The van der Waals surface area contributed by atoms with Crippen molar-refractivity contribution in [3.05, 3.63) is 35.4 Å². The van der Waals surface area contributed by atoms with Gasteiger partial charge in [0.2, 0.25) is 0 Å². The molecule has 6 nitrogen and oxygen atoms in total. The van der Waals surface area contributed by atoms with E-state index in [0.29, 0.717) is 29.7 Å². The zero-order valence-electron chi connectivity index (χ0n) is 16.2. The third-order valence-electron chi connectivity index (χ3n) is 4.09. The molecule has 1 aromatic carbocycles. The van der Waals surface area contributed by atoms with E-state index in [9.17, 15) is 18.6 Å². The number of nitrogens with zero attached hydrogens (tertiary/aromatic N) is 1. The van der Waals surface area contributed by atoms with Gasteiger partial charge in [-0.2, -0.15) is 0 Å². The Kier molecular flexibility index (Phi) is 7.30. The molecule has 0 aromatic heterocycles. The van der Waals surface area contributed by atoms with Crippen molar-refractivity contribution in [1.29, 1.82) is 0 Å². The van der Waals surface area contributed by atoms with E-state index < -0.39 is 16.4 Å². The molecular formula is C20H27NO5S. The van der Waals surface area contributed by atoms with Crippen molar-refractivity contribution >= 4 is 28.6 Å². The molecule has 0 radical (unpaired) electrons. The molecule has 1 atom stereocenters. The number of fused-ring (bicyclic) bond motifs is 1. The van der Waals surface area contributed by atoms with Gasteiger partial charge in [-0.1, -0.05) is 18.6 Å². The van der Waals surface area contributed by atoms with Crippen LogP contribution in [0.5, 0.6) is 0 Å². The highest BCUT2D eigenvalue weighted by Gasteiger charge is 2.34. The minimum atomic E-state index is -1.10. The molecule has 1 unspecified atom stereocenters. The highest BCUT2D eigenvalue weighted by atomic mass is 32.2. The number of amides is 2. The molecule has 0 fully saturated rings. The normalized spacial score (nSPS) is 15.0. The summed E-state index contributed by atoms with van der Waals surface area (Å²) < 4.78 is 17.4. The summed E-state index contributed by atoms with van der Waals surface area (Å²) in [5.41, 5.74) is 0.355. The summed E-state index contributed by atoms with van der Waals surface area (Å²) in [5, 5.41) is 0. The number of benzene rings is 1. The first-order valence-corrected chi connectivity index (χ1v) is 10.7. The minimum Gasteiger partial charge on any atom is -0.460 e. The lowest BCUT2D eigenvalue weighted by Gasteiger charge is -2.19. The fourth-order valence-corrected chi connectivity index (χ4v) is 3.96. The van der Waals surface area contributed by atoms with Crippen molar-refractivity contribution in [3.63, 3.8) is 0 Å². The fourth-order valence-electron chi connectivity index (χ4n) is 2.84. The van der Waals surface area contributed by atoms with E-state index in [1.165, 1.54) is 4.90 Å². The van der Waals surface area contributed by atoms with Crippen molar-refractivity contribution in [2.45, 2.75) is 52.1 Å². The summed E-state index contributed by atoms with van der Waals surface area (Å²) in [7, 11) is -1.10. The Morgan fingerprint density at radius 3 is 2.15 bits per heavy atom. The molecule has 0 saturated heterocycles. The molecule has 1 heterocycles. The van der Waals surface area contributed by atoms with Crippen LogP contribution in [-0.4, -0.2) is 50.5 Å². The van der Waals surface area contributed by atoms with Crippen molar-refractivity contribution in [2.75, 3.05) is 18.1 Å². The largest absolute Gasteiger partial charge is 0.460 e. The highest BCUT2D eigenvalue weighted by molar-refractivity contribution is 7.84. The third kappa shape index (κ3) is 6.27. The van der Waals surface area contributed by atoms with Crippen LogP contribution in [0.4, 0.5) is 0 Å². The molecule has 7 heteroatoms. The molecule has 0 aliphatic carbocycles. The van der Waals surface area contributed by atoms with Crippen LogP contribution in [0.25, 0.3) is 0 Å². The zero-order valence-corrected chi connectivity index (χ0v) is 17.0. The van der Waals surface area contributed by atoms with E-state index in [0.717, 1.165) is 12.8 Å². The van der Waals surface area contributed by atoms with Crippen LogP contribution < -0.4 is 0 Å². The molecule has 148 valence electrons. The van der Waals surface area contributed by atoms with Crippen LogP contribution in [0.15, 0.2) is 24.3 Å². The maximum atomic E-state index is 12.2. The van der Waals surface area contributed by atoms with Crippen molar-refractivity contribution in [1.82, 2.24) is 4.90 Å². The molecule has 1 aliphatic rings. The van der Waals surface area contributed by atoms with Crippen LogP contribution in [-0.2, 0) is 20.3 Å². The summed E-state index contributed by atoms with van der Waals surface area (Å²) in [6.45, 7) is 5.67. The number of carbonyl (C=O) groups is 3. The van der Waals surface area contributed by atoms with Crippen LogP contribution in [0, 0.1) is 0 Å². The number of hydrogen-bond acceptors (Lipinski definition) is 5. The quantitative estimate of drug-likeness (QED) is 0.366. The molecule has 1 aromatic rings. The SMILES string of the molecule is CC(C)(C)OC(=O)CCCCCS(=O)CCN1C(=O)c2ccccc2C1=O. The lowest BCUT2D eigenvalue weighted by molar-refractivity contribution is -0.154. The first kappa shape index (κ1) is 21.3. The zero-order chi connectivity index (χ0) is 20.0. The number of ether oxygens (including phenoxy) is 1.